The average Bonchev–Trinajstić information content (AvgIpc) is 2.86. The highest BCUT2D eigenvalue weighted by Crippen LogP contribution is 2.19. The van der Waals surface area contributed by atoms with Crippen molar-refractivity contribution in [1.82, 2.24) is 25.2 Å². The monoisotopic (exact) mass is 291 g/mol. The summed E-state index contributed by atoms with van der Waals surface area (Å²) in [5, 5.41) is 10.7. The number of rotatable bonds is 3. The first-order chi connectivity index (χ1) is 9.37. The Hall–Kier alpha value is -1.64. The summed E-state index contributed by atoms with van der Waals surface area (Å²) >= 11 is 0. The van der Waals surface area contributed by atoms with E-state index >= 15 is 0 Å². The van der Waals surface area contributed by atoms with Gasteiger partial charge < -0.3 is 10.2 Å². The van der Waals surface area contributed by atoms with E-state index in [4.69, 9.17) is 0 Å². The topological polar surface area (TPSA) is 63.1 Å². The van der Waals surface area contributed by atoms with Gasteiger partial charge in [0.05, 0.1) is 12.2 Å². The number of aromatic nitrogens is 3. The van der Waals surface area contributed by atoms with E-state index in [1.807, 2.05) is 0 Å². The van der Waals surface area contributed by atoms with Gasteiger partial charge in [-0.3, -0.25) is 4.79 Å². The molecule has 0 atom stereocenters. The van der Waals surface area contributed by atoms with Crippen molar-refractivity contribution in [2.24, 2.45) is 0 Å². The molecular weight excluding hydrogens is 275 g/mol. The Morgan fingerprint density at radius 3 is 2.75 bits per heavy atom. The van der Waals surface area contributed by atoms with Crippen molar-refractivity contribution in [3.63, 3.8) is 0 Å². The molecule has 0 spiro atoms. The van der Waals surface area contributed by atoms with Crippen LogP contribution in [-0.2, 0) is 0 Å². The lowest BCUT2D eigenvalue weighted by Crippen LogP contribution is -2.36. The van der Waals surface area contributed by atoms with Crippen LogP contribution in [0.1, 0.15) is 29.4 Å². The summed E-state index contributed by atoms with van der Waals surface area (Å²) in [6.45, 7) is 0.398. The molecular formula is C11H16F3N5O. The number of nitrogens with one attached hydrogen (secondary N) is 1. The highest BCUT2D eigenvalue weighted by Gasteiger charge is 2.32. The van der Waals surface area contributed by atoms with E-state index in [0.717, 1.165) is 33.0 Å². The van der Waals surface area contributed by atoms with E-state index in [-0.39, 0.29) is 11.7 Å². The van der Waals surface area contributed by atoms with Gasteiger partial charge in [0.25, 0.3) is 5.91 Å². The van der Waals surface area contributed by atoms with Gasteiger partial charge in [0.15, 0.2) is 5.69 Å². The Balaban J connectivity index is 2.02. The van der Waals surface area contributed by atoms with Gasteiger partial charge in [0.1, 0.15) is 6.54 Å². The molecule has 2 heterocycles. The highest BCUT2D eigenvalue weighted by atomic mass is 19.4. The molecule has 0 unspecified atom stereocenters. The number of carbonyl (C=O) groups is 1. The third kappa shape index (κ3) is 3.69. The molecule has 2 rings (SSSR count). The minimum atomic E-state index is -4.42. The lowest BCUT2D eigenvalue weighted by Gasteiger charge is -2.22. The minimum absolute atomic E-state index is 0.0599. The number of hydrogen-bond acceptors (Lipinski definition) is 4. The summed E-state index contributed by atoms with van der Waals surface area (Å²) in [7, 11) is 1.10. The fourth-order valence-electron chi connectivity index (χ4n) is 2.16. The van der Waals surface area contributed by atoms with Crippen molar-refractivity contribution >= 4 is 5.91 Å². The van der Waals surface area contributed by atoms with Gasteiger partial charge in [0, 0.05) is 7.05 Å². The molecule has 0 aromatic carbocycles. The normalized spacial score (nSPS) is 17.2. The second kappa shape index (κ2) is 5.78. The number of carbonyl (C=O) groups excluding carboxylic acids is 1. The molecule has 1 aromatic rings. The summed E-state index contributed by atoms with van der Waals surface area (Å²) in [5.41, 5.74) is -0.0599. The molecule has 1 aliphatic heterocycles. The van der Waals surface area contributed by atoms with E-state index < -0.39 is 18.6 Å². The van der Waals surface area contributed by atoms with Crippen molar-refractivity contribution < 1.29 is 18.0 Å². The summed E-state index contributed by atoms with van der Waals surface area (Å²) in [5.74, 6) is -0.775. The summed E-state index contributed by atoms with van der Waals surface area (Å²) < 4.78 is 38.3. The lowest BCUT2D eigenvalue weighted by molar-refractivity contribution is -0.138. The van der Waals surface area contributed by atoms with E-state index in [0.29, 0.717) is 4.90 Å². The van der Waals surface area contributed by atoms with Crippen LogP contribution in [0.3, 0.4) is 0 Å². The molecule has 20 heavy (non-hydrogen) atoms. The summed E-state index contributed by atoms with van der Waals surface area (Å²) in [6.07, 6.45) is -1.29. The van der Waals surface area contributed by atoms with Gasteiger partial charge in [0.2, 0.25) is 0 Å². The SMILES string of the molecule is CN(CC(F)(F)F)C(=O)c1cn(C2CCNCC2)nn1. The zero-order chi connectivity index (χ0) is 14.8. The minimum Gasteiger partial charge on any atom is -0.331 e. The molecule has 0 aliphatic carbocycles. The fourth-order valence-corrected chi connectivity index (χ4v) is 2.16. The van der Waals surface area contributed by atoms with E-state index in [1.54, 1.807) is 4.68 Å². The first-order valence-electron chi connectivity index (χ1n) is 6.31. The lowest BCUT2D eigenvalue weighted by atomic mass is 10.1. The van der Waals surface area contributed by atoms with Crippen LogP contribution in [0.15, 0.2) is 6.20 Å². The van der Waals surface area contributed by atoms with Crippen LogP contribution < -0.4 is 5.32 Å². The van der Waals surface area contributed by atoms with Crippen LogP contribution in [0.2, 0.25) is 0 Å². The first-order valence-corrected chi connectivity index (χ1v) is 6.31. The smallest absolute Gasteiger partial charge is 0.331 e. The predicted octanol–water partition coefficient (Wildman–Crippen LogP) is 0.837. The number of piperidine rings is 1. The maximum Gasteiger partial charge on any atom is 0.406 e. The molecule has 6 nitrogen and oxygen atoms in total. The third-order valence-electron chi connectivity index (χ3n) is 3.18. The van der Waals surface area contributed by atoms with Crippen LogP contribution in [0.25, 0.3) is 0 Å². The van der Waals surface area contributed by atoms with Gasteiger partial charge in [-0.25, -0.2) is 4.68 Å². The van der Waals surface area contributed by atoms with Crippen LogP contribution >= 0.6 is 0 Å². The van der Waals surface area contributed by atoms with Gasteiger partial charge >= 0.3 is 6.18 Å². The zero-order valence-corrected chi connectivity index (χ0v) is 11.0. The Bertz CT molecular complexity index is 467. The van der Waals surface area contributed by atoms with E-state index in [2.05, 4.69) is 15.6 Å². The standard InChI is InChI=1S/C11H16F3N5O/c1-18(7-11(12,13)14)10(20)9-6-19(17-16-9)8-2-4-15-5-3-8/h6,8,15H,2-5,7H2,1H3. The van der Waals surface area contributed by atoms with Crippen molar-refractivity contribution in [2.45, 2.75) is 25.1 Å². The number of alkyl halides is 3. The Morgan fingerprint density at radius 1 is 1.50 bits per heavy atom. The molecule has 1 aliphatic rings. The molecule has 1 aromatic heterocycles. The fraction of sp³-hybridized carbons (Fsp3) is 0.727. The average molecular weight is 291 g/mol. The molecule has 1 amide bonds. The number of amides is 1. The maximum atomic E-state index is 12.2. The third-order valence-corrected chi connectivity index (χ3v) is 3.18. The second-order valence-electron chi connectivity index (χ2n) is 4.84. The largest absolute Gasteiger partial charge is 0.406 e. The highest BCUT2D eigenvalue weighted by molar-refractivity contribution is 5.91. The molecule has 1 fully saturated rings. The number of halogens is 3. The van der Waals surface area contributed by atoms with Gasteiger partial charge in [-0.1, -0.05) is 5.21 Å². The first kappa shape index (κ1) is 14.8. The molecule has 112 valence electrons. The summed E-state index contributed by atoms with van der Waals surface area (Å²) in [6, 6.07) is 0.137. The van der Waals surface area contributed by atoms with Crippen LogP contribution in [0, 0.1) is 0 Å². The molecule has 9 heteroatoms. The van der Waals surface area contributed by atoms with E-state index in [1.165, 1.54) is 6.20 Å². The quantitative estimate of drug-likeness (QED) is 0.896. The summed E-state index contributed by atoms with van der Waals surface area (Å²) in [4.78, 5) is 12.4. The van der Waals surface area contributed by atoms with Crippen LogP contribution in [0.5, 0.6) is 0 Å². The van der Waals surface area contributed by atoms with Crippen LogP contribution in [0.4, 0.5) is 13.2 Å². The van der Waals surface area contributed by atoms with Crippen molar-refractivity contribution in [2.75, 3.05) is 26.7 Å². The van der Waals surface area contributed by atoms with Crippen molar-refractivity contribution in [3.05, 3.63) is 11.9 Å². The molecule has 0 bridgehead atoms. The predicted molar refractivity (Wildman–Crippen MR) is 64.2 cm³/mol. The number of hydrogen-bond donors (Lipinski definition) is 1. The molecule has 1 N–H and O–H groups in total. The van der Waals surface area contributed by atoms with Gasteiger partial charge in [-0.15, -0.1) is 5.10 Å². The zero-order valence-electron chi connectivity index (χ0n) is 11.0. The Labute approximate surface area is 113 Å². The van der Waals surface area contributed by atoms with Gasteiger partial charge in [-0.2, -0.15) is 13.2 Å². The molecule has 1 saturated heterocycles. The Kier molecular flexibility index (Phi) is 4.26. The van der Waals surface area contributed by atoms with Crippen molar-refractivity contribution in [1.29, 1.82) is 0 Å². The maximum absolute atomic E-state index is 12.2. The molecule has 0 radical (unpaired) electrons. The van der Waals surface area contributed by atoms with Gasteiger partial charge in [-0.05, 0) is 25.9 Å². The Morgan fingerprint density at radius 2 is 2.15 bits per heavy atom. The molecule has 0 saturated carbocycles. The van der Waals surface area contributed by atoms with Crippen LogP contribution in [-0.4, -0.2) is 58.7 Å². The van der Waals surface area contributed by atoms with E-state index in [9.17, 15) is 18.0 Å². The van der Waals surface area contributed by atoms with Crippen molar-refractivity contribution in [3.8, 4) is 0 Å². The second-order valence-corrected chi connectivity index (χ2v) is 4.84. The number of nitrogens with zero attached hydrogens (tertiary/aromatic N) is 4.